The average Bonchev–Trinajstić information content (AvgIpc) is 3.27. The van der Waals surface area contributed by atoms with Gasteiger partial charge < -0.3 is 19.4 Å². The average molecular weight is 572 g/mol. The molecule has 0 unspecified atom stereocenters. The molecule has 1 aromatic heterocycles. The van der Waals surface area contributed by atoms with Gasteiger partial charge in [-0.05, 0) is 80.4 Å². The molecule has 5 aromatic rings. The Hall–Kier alpha value is -4.50. The SMILES string of the molecule is CCn1c2ccccc2c2cc(NC(=O)CN(c3cc(C)cc(C)c3)S(=O)(=O)c3ccc(OC)c(OC)c3)ccc21. The summed E-state index contributed by atoms with van der Waals surface area (Å²) in [6, 6.07) is 23.8. The van der Waals surface area contributed by atoms with Crippen LogP contribution in [0.3, 0.4) is 0 Å². The molecule has 0 radical (unpaired) electrons. The zero-order chi connectivity index (χ0) is 29.3. The van der Waals surface area contributed by atoms with Gasteiger partial charge in [-0.25, -0.2) is 8.42 Å². The molecule has 0 fully saturated rings. The van der Waals surface area contributed by atoms with Crippen molar-refractivity contribution in [3.63, 3.8) is 0 Å². The molecule has 5 rings (SSSR count). The van der Waals surface area contributed by atoms with Crippen LogP contribution in [-0.4, -0.2) is 39.7 Å². The molecule has 0 spiro atoms. The number of nitrogens with zero attached hydrogens (tertiary/aromatic N) is 2. The van der Waals surface area contributed by atoms with Crippen molar-refractivity contribution in [2.45, 2.75) is 32.2 Å². The highest BCUT2D eigenvalue weighted by Gasteiger charge is 2.29. The summed E-state index contributed by atoms with van der Waals surface area (Å²) in [7, 11) is -1.24. The molecule has 0 saturated carbocycles. The van der Waals surface area contributed by atoms with Crippen molar-refractivity contribution in [3.8, 4) is 11.5 Å². The Morgan fingerprint density at radius 1 is 0.829 bits per heavy atom. The zero-order valence-electron chi connectivity index (χ0n) is 23.8. The number of hydrogen-bond donors (Lipinski definition) is 1. The van der Waals surface area contributed by atoms with E-state index in [1.807, 2.05) is 50.2 Å². The number of carbonyl (C=O) groups excluding carboxylic acids is 1. The van der Waals surface area contributed by atoms with Gasteiger partial charge in [0, 0.05) is 40.1 Å². The number of methoxy groups -OCH3 is 2. The second kappa shape index (κ2) is 11.2. The number of para-hydroxylation sites is 1. The molecule has 0 atom stereocenters. The predicted molar refractivity (Wildman–Crippen MR) is 164 cm³/mol. The van der Waals surface area contributed by atoms with Crippen molar-refractivity contribution in [1.82, 2.24) is 4.57 Å². The molecule has 1 amide bonds. The van der Waals surface area contributed by atoms with Crippen molar-refractivity contribution >= 4 is 49.1 Å². The van der Waals surface area contributed by atoms with Crippen LogP contribution in [0.5, 0.6) is 11.5 Å². The van der Waals surface area contributed by atoms with E-state index in [1.54, 1.807) is 12.1 Å². The zero-order valence-corrected chi connectivity index (χ0v) is 24.6. The van der Waals surface area contributed by atoms with Crippen molar-refractivity contribution in [3.05, 3.63) is 90.0 Å². The number of aryl methyl sites for hydroxylation is 3. The molecule has 0 aliphatic rings. The normalized spacial score (nSPS) is 11.5. The summed E-state index contributed by atoms with van der Waals surface area (Å²) in [5.41, 5.74) is 4.94. The highest BCUT2D eigenvalue weighted by Crippen LogP contribution is 2.34. The second-order valence-corrected chi connectivity index (χ2v) is 11.8. The summed E-state index contributed by atoms with van der Waals surface area (Å²) < 4.78 is 42.0. The van der Waals surface area contributed by atoms with Gasteiger partial charge in [-0.2, -0.15) is 0 Å². The van der Waals surface area contributed by atoms with Gasteiger partial charge >= 0.3 is 0 Å². The lowest BCUT2D eigenvalue weighted by molar-refractivity contribution is -0.114. The third-order valence-corrected chi connectivity index (χ3v) is 8.87. The van der Waals surface area contributed by atoms with E-state index in [9.17, 15) is 13.2 Å². The van der Waals surface area contributed by atoms with Crippen LogP contribution in [0.2, 0.25) is 0 Å². The highest BCUT2D eigenvalue weighted by atomic mass is 32.2. The summed E-state index contributed by atoms with van der Waals surface area (Å²) in [6.45, 7) is 6.27. The second-order valence-electron chi connectivity index (χ2n) is 9.92. The topological polar surface area (TPSA) is 89.9 Å². The first-order valence-electron chi connectivity index (χ1n) is 13.3. The number of hydrogen-bond acceptors (Lipinski definition) is 5. The number of fused-ring (bicyclic) bond motifs is 3. The van der Waals surface area contributed by atoms with E-state index in [1.165, 1.54) is 32.4 Å². The predicted octanol–water partition coefficient (Wildman–Crippen LogP) is 6.28. The molecule has 212 valence electrons. The number of amides is 1. The Labute approximate surface area is 240 Å². The lowest BCUT2D eigenvalue weighted by atomic mass is 10.1. The summed E-state index contributed by atoms with van der Waals surface area (Å²) >= 11 is 0. The highest BCUT2D eigenvalue weighted by molar-refractivity contribution is 7.92. The van der Waals surface area contributed by atoms with Crippen LogP contribution >= 0.6 is 0 Å². The first kappa shape index (κ1) is 28.0. The molecule has 8 nitrogen and oxygen atoms in total. The van der Waals surface area contributed by atoms with Gasteiger partial charge in [0.25, 0.3) is 10.0 Å². The van der Waals surface area contributed by atoms with Crippen LogP contribution in [0.15, 0.2) is 83.8 Å². The Morgan fingerprint density at radius 3 is 2.20 bits per heavy atom. The standard InChI is InChI=1S/C32H33N3O5S/c1-6-34-28-10-8-7-9-26(28)27-18-23(11-13-29(27)34)33-32(36)20-35(24-16-21(2)15-22(3)17-24)41(37,38)25-12-14-30(39-4)31(19-25)40-5/h7-19H,6,20H2,1-5H3,(H,33,36). The van der Waals surface area contributed by atoms with Crippen LogP contribution in [0.4, 0.5) is 11.4 Å². The van der Waals surface area contributed by atoms with E-state index in [2.05, 4.69) is 28.9 Å². The maximum absolute atomic E-state index is 14.0. The van der Waals surface area contributed by atoms with Crippen LogP contribution in [0.1, 0.15) is 18.1 Å². The minimum Gasteiger partial charge on any atom is -0.493 e. The lowest BCUT2D eigenvalue weighted by Crippen LogP contribution is -2.38. The van der Waals surface area contributed by atoms with Crippen LogP contribution in [0.25, 0.3) is 21.8 Å². The molecular weight excluding hydrogens is 538 g/mol. The molecular formula is C32H33N3O5S. The largest absolute Gasteiger partial charge is 0.493 e. The van der Waals surface area contributed by atoms with Crippen molar-refractivity contribution < 1.29 is 22.7 Å². The van der Waals surface area contributed by atoms with Gasteiger partial charge in [0.05, 0.1) is 24.8 Å². The van der Waals surface area contributed by atoms with Gasteiger partial charge in [0.1, 0.15) is 6.54 Å². The summed E-state index contributed by atoms with van der Waals surface area (Å²) in [6.07, 6.45) is 0. The fourth-order valence-corrected chi connectivity index (χ4v) is 6.74. The Balaban J connectivity index is 1.51. The number of benzene rings is 4. The minimum atomic E-state index is -4.16. The molecule has 1 heterocycles. The number of aromatic nitrogens is 1. The summed E-state index contributed by atoms with van der Waals surface area (Å²) in [4.78, 5) is 13.4. The molecule has 1 N–H and O–H groups in total. The number of sulfonamides is 1. The maximum Gasteiger partial charge on any atom is 0.264 e. The molecule has 9 heteroatoms. The van der Waals surface area contributed by atoms with Crippen molar-refractivity contribution in [2.24, 2.45) is 0 Å². The number of anilines is 2. The number of nitrogens with one attached hydrogen (secondary N) is 1. The smallest absolute Gasteiger partial charge is 0.264 e. The van der Waals surface area contributed by atoms with E-state index in [0.29, 0.717) is 17.1 Å². The van der Waals surface area contributed by atoms with Crippen LogP contribution in [0, 0.1) is 13.8 Å². The monoisotopic (exact) mass is 571 g/mol. The Morgan fingerprint density at radius 2 is 1.51 bits per heavy atom. The molecule has 0 bridgehead atoms. The Kier molecular flexibility index (Phi) is 7.64. The lowest BCUT2D eigenvalue weighted by Gasteiger charge is -2.25. The molecule has 0 aliphatic carbocycles. The van der Waals surface area contributed by atoms with Crippen molar-refractivity contribution in [2.75, 3.05) is 30.4 Å². The van der Waals surface area contributed by atoms with Gasteiger partial charge in [-0.15, -0.1) is 0 Å². The van der Waals surface area contributed by atoms with E-state index in [-0.39, 0.29) is 10.6 Å². The van der Waals surface area contributed by atoms with E-state index in [4.69, 9.17) is 9.47 Å². The number of carbonyl (C=O) groups is 1. The fraction of sp³-hybridized carbons (Fsp3) is 0.219. The maximum atomic E-state index is 14.0. The van der Waals surface area contributed by atoms with Crippen LogP contribution in [-0.2, 0) is 21.4 Å². The van der Waals surface area contributed by atoms with E-state index < -0.39 is 22.5 Å². The first-order chi connectivity index (χ1) is 19.7. The van der Waals surface area contributed by atoms with Gasteiger partial charge in [-0.3, -0.25) is 9.10 Å². The summed E-state index contributed by atoms with van der Waals surface area (Å²) in [5, 5.41) is 5.03. The third kappa shape index (κ3) is 5.32. The summed E-state index contributed by atoms with van der Waals surface area (Å²) in [5.74, 6) is 0.215. The number of ether oxygens (including phenoxy) is 2. The quantitative estimate of drug-likeness (QED) is 0.225. The fourth-order valence-electron chi connectivity index (χ4n) is 5.32. The third-order valence-electron chi connectivity index (χ3n) is 7.10. The van der Waals surface area contributed by atoms with E-state index in [0.717, 1.165) is 43.8 Å². The molecule has 0 aliphatic heterocycles. The minimum absolute atomic E-state index is 0.0177. The molecule has 41 heavy (non-hydrogen) atoms. The first-order valence-corrected chi connectivity index (χ1v) is 14.7. The number of rotatable bonds is 9. The Bertz CT molecular complexity index is 1860. The molecule has 0 saturated heterocycles. The van der Waals surface area contributed by atoms with Gasteiger partial charge in [-0.1, -0.05) is 24.3 Å². The van der Waals surface area contributed by atoms with E-state index >= 15 is 0 Å². The molecule has 4 aromatic carbocycles. The van der Waals surface area contributed by atoms with Crippen molar-refractivity contribution in [1.29, 1.82) is 0 Å². The van der Waals surface area contributed by atoms with Gasteiger partial charge in [0.2, 0.25) is 5.91 Å². The van der Waals surface area contributed by atoms with Gasteiger partial charge in [0.15, 0.2) is 11.5 Å². The van der Waals surface area contributed by atoms with Crippen LogP contribution < -0.4 is 19.1 Å².